The lowest BCUT2D eigenvalue weighted by atomic mass is 10.1. The van der Waals surface area contributed by atoms with Crippen molar-refractivity contribution in [2.24, 2.45) is 5.10 Å². The summed E-state index contributed by atoms with van der Waals surface area (Å²) in [6.07, 6.45) is 3.48. The van der Waals surface area contributed by atoms with Gasteiger partial charge in [-0.3, -0.25) is 9.59 Å². The Hall–Kier alpha value is -2.48. The maximum absolute atomic E-state index is 12.6. The highest BCUT2D eigenvalue weighted by molar-refractivity contribution is 8.00. The molecule has 7 nitrogen and oxygen atoms in total. The fourth-order valence-corrected chi connectivity index (χ4v) is 3.26. The molecule has 0 aromatic carbocycles. The molecule has 0 bridgehead atoms. The van der Waals surface area contributed by atoms with E-state index in [-0.39, 0.29) is 35.5 Å². The van der Waals surface area contributed by atoms with Gasteiger partial charge in [-0.2, -0.15) is 5.10 Å². The molecule has 1 amide bonds. The number of rotatable bonds is 7. The third-order valence-electron chi connectivity index (χ3n) is 3.66. The van der Waals surface area contributed by atoms with Crippen molar-refractivity contribution in [3.05, 3.63) is 48.3 Å². The number of carbonyl (C=O) groups excluding carboxylic acids is 2. The van der Waals surface area contributed by atoms with Crippen LogP contribution in [0.2, 0.25) is 0 Å². The molecule has 1 atom stereocenters. The summed E-state index contributed by atoms with van der Waals surface area (Å²) in [6, 6.07) is 6.86. The minimum absolute atomic E-state index is 0.123. The first-order chi connectivity index (χ1) is 12.5. The van der Waals surface area contributed by atoms with Crippen LogP contribution in [0.25, 0.3) is 0 Å². The second-order valence-electron chi connectivity index (χ2n) is 6.03. The van der Waals surface area contributed by atoms with Crippen LogP contribution in [0.5, 0.6) is 0 Å². The van der Waals surface area contributed by atoms with Gasteiger partial charge in [0, 0.05) is 6.42 Å². The van der Waals surface area contributed by atoms with Crippen molar-refractivity contribution in [3.63, 3.8) is 0 Å². The van der Waals surface area contributed by atoms with Crippen molar-refractivity contribution in [1.82, 2.24) is 5.01 Å². The van der Waals surface area contributed by atoms with Gasteiger partial charge in [-0.15, -0.1) is 11.8 Å². The van der Waals surface area contributed by atoms with E-state index in [1.165, 1.54) is 16.8 Å². The van der Waals surface area contributed by atoms with E-state index in [9.17, 15) is 9.59 Å². The molecule has 1 aliphatic heterocycles. The molecule has 0 fully saturated rings. The largest absolute Gasteiger partial charge is 0.467 e. The number of furan rings is 2. The Balaban J connectivity index is 1.65. The second kappa shape index (κ2) is 8.27. The van der Waals surface area contributed by atoms with Gasteiger partial charge >= 0.3 is 5.97 Å². The van der Waals surface area contributed by atoms with Crippen molar-refractivity contribution in [1.29, 1.82) is 0 Å². The Bertz CT molecular complexity index is 768. The summed E-state index contributed by atoms with van der Waals surface area (Å²) in [4.78, 5) is 24.2. The van der Waals surface area contributed by atoms with Gasteiger partial charge in [0.05, 0.1) is 30.1 Å². The van der Waals surface area contributed by atoms with Gasteiger partial charge in [-0.05, 0) is 38.1 Å². The normalized spacial score (nSPS) is 16.8. The van der Waals surface area contributed by atoms with Gasteiger partial charge in [0.25, 0.3) is 5.91 Å². The number of esters is 1. The van der Waals surface area contributed by atoms with Crippen molar-refractivity contribution in [3.8, 4) is 0 Å². The fraction of sp³-hybridized carbons (Fsp3) is 0.389. The van der Waals surface area contributed by atoms with Gasteiger partial charge in [0.1, 0.15) is 23.3 Å². The molecule has 3 heterocycles. The lowest BCUT2D eigenvalue weighted by Gasteiger charge is -2.19. The van der Waals surface area contributed by atoms with Crippen LogP contribution in [0.4, 0.5) is 0 Å². The number of thioether (sulfide) groups is 1. The first-order valence-corrected chi connectivity index (χ1v) is 9.44. The van der Waals surface area contributed by atoms with Crippen molar-refractivity contribution in [2.75, 3.05) is 11.5 Å². The van der Waals surface area contributed by atoms with Crippen LogP contribution in [0, 0.1) is 0 Å². The highest BCUT2D eigenvalue weighted by atomic mass is 32.2. The fourth-order valence-electron chi connectivity index (χ4n) is 2.62. The summed E-state index contributed by atoms with van der Waals surface area (Å²) in [6.45, 7) is 3.58. The summed E-state index contributed by atoms with van der Waals surface area (Å²) < 4.78 is 15.9. The van der Waals surface area contributed by atoms with E-state index in [0.29, 0.717) is 23.7 Å². The van der Waals surface area contributed by atoms with Crippen LogP contribution in [0.3, 0.4) is 0 Å². The number of ether oxygens (including phenoxy) is 1. The van der Waals surface area contributed by atoms with Crippen molar-refractivity contribution >= 4 is 29.4 Å². The van der Waals surface area contributed by atoms with Gasteiger partial charge in [0.15, 0.2) is 0 Å². The van der Waals surface area contributed by atoms with Gasteiger partial charge in [-0.25, -0.2) is 5.01 Å². The van der Waals surface area contributed by atoms with Crippen LogP contribution < -0.4 is 0 Å². The first kappa shape index (κ1) is 18.3. The van der Waals surface area contributed by atoms with E-state index in [1.54, 1.807) is 38.5 Å². The van der Waals surface area contributed by atoms with Crippen LogP contribution >= 0.6 is 11.8 Å². The highest BCUT2D eigenvalue weighted by Crippen LogP contribution is 2.33. The number of amides is 1. The summed E-state index contributed by atoms with van der Waals surface area (Å²) in [7, 11) is 0. The predicted molar refractivity (Wildman–Crippen MR) is 96.7 cm³/mol. The van der Waals surface area contributed by atoms with Crippen LogP contribution in [-0.4, -0.2) is 40.2 Å². The van der Waals surface area contributed by atoms with Crippen molar-refractivity contribution in [2.45, 2.75) is 32.4 Å². The maximum atomic E-state index is 12.6. The van der Waals surface area contributed by atoms with Crippen molar-refractivity contribution < 1.29 is 23.2 Å². The number of hydrogen-bond acceptors (Lipinski definition) is 7. The third-order valence-corrected chi connectivity index (χ3v) is 4.55. The van der Waals surface area contributed by atoms with Crippen LogP contribution in [-0.2, 0) is 14.3 Å². The SMILES string of the molecule is CC(C)OC(=O)CSCC(=O)N1N=C(c2ccco2)CC1c1ccco1. The molecule has 0 aliphatic carbocycles. The predicted octanol–water partition coefficient (Wildman–Crippen LogP) is 3.24. The molecule has 2 aromatic heterocycles. The average molecular weight is 376 g/mol. The number of carbonyl (C=O) groups is 2. The first-order valence-electron chi connectivity index (χ1n) is 8.28. The lowest BCUT2D eigenvalue weighted by Crippen LogP contribution is -2.28. The Morgan fingerprint density at radius 3 is 2.69 bits per heavy atom. The quantitative estimate of drug-likeness (QED) is 0.690. The van der Waals surface area contributed by atoms with E-state index >= 15 is 0 Å². The van der Waals surface area contributed by atoms with E-state index in [2.05, 4.69) is 5.10 Å². The molecule has 3 rings (SSSR count). The van der Waals surface area contributed by atoms with Crippen LogP contribution in [0.15, 0.2) is 50.7 Å². The zero-order valence-corrected chi connectivity index (χ0v) is 15.4. The molecule has 1 unspecified atom stereocenters. The Labute approximate surface area is 155 Å². The van der Waals surface area contributed by atoms with Gasteiger partial charge in [-0.1, -0.05) is 0 Å². The minimum Gasteiger partial charge on any atom is -0.467 e. The lowest BCUT2D eigenvalue weighted by molar-refractivity contribution is -0.144. The number of nitrogens with zero attached hydrogens (tertiary/aromatic N) is 2. The van der Waals surface area contributed by atoms with E-state index in [4.69, 9.17) is 13.6 Å². The zero-order valence-electron chi connectivity index (χ0n) is 14.6. The molecular formula is C18H20N2O5S. The zero-order chi connectivity index (χ0) is 18.5. The molecule has 0 saturated heterocycles. The molecule has 2 aromatic rings. The molecule has 0 N–H and O–H groups in total. The summed E-state index contributed by atoms with van der Waals surface area (Å²) in [5.41, 5.74) is 0.689. The molecule has 0 saturated carbocycles. The molecule has 0 spiro atoms. The standard InChI is InChI=1S/C18H20N2O5S/c1-12(2)25-18(22)11-26-10-17(21)20-14(16-6-4-8-24-16)9-13(19-20)15-5-3-7-23-15/h3-8,12,14H,9-11H2,1-2H3. The molecular weight excluding hydrogens is 356 g/mol. The monoisotopic (exact) mass is 376 g/mol. The number of hydrazone groups is 1. The van der Waals surface area contributed by atoms with Gasteiger partial charge in [0.2, 0.25) is 0 Å². The number of hydrogen-bond donors (Lipinski definition) is 0. The summed E-state index contributed by atoms with van der Waals surface area (Å²) in [5.74, 6) is 1.01. The van der Waals surface area contributed by atoms with E-state index in [0.717, 1.165) is 0 Å². The molecule has 138 valence electrons. The minimum atomic E-state index is -0.332. The Kier molecular flexibility index (Phi) is 5.82. The summed E-state index contributed by atoms with van der Waals surface area (Å²) in [5, 5.41) is 5.85. The van der Waals surface area contributed by atoms with Gasteiger partial charge < -0.3 is 13.6 Å². The molecule has 0 radical (unpaired) electrons. The summed E-state index contributed by atoms with van der Waals surface area (Å²) >= 11 is 1.21. The topological polar surface area (TPSA) is 85.3 Å². The third kappa shape index (κ3) is 4.37. The molecule has 1 aliphatic rings. The maximum Gasteiger partial charge on any atom is 0.316 e. The molecule has 26 heavy (non-hydrogen) atoms. The Morgan fingerprint density at radius 1 is 1.27 bits per heavy atom. The van der Waals surface area contributed by atoms with Crippen LogP contribution in [0.1, 0.15) is 37.8 Å². The van der Waals surface area contributed by atoms with E-state index in [1.807, 2.05) is 12.1 Å². The molecule has 8 heteroatoms. The highest BCUT2D eigenvalue weighted by Gasteiger charge is 2.35. The second-order valence-corrected chi connectivity index (χ2v) is 7.01. The smallest absolute Gasteiger partial charge is 0.316 e. The van der Waals surface area contributed by atoms with E-state index < -0.39 is 0 Å². The Morgan fingerprint density at radius 2 is 2.04 bits per heavy atom. The average Bonchev–Trinajstić information content (AvgIpc) is 3.33.